The largest absolute Gasteiger partial charge is 0.408 e. The number of benzene rings is 1. The molecule has 0 aliphatic carbocycles. The van der Waals surface area contributed by atoms with Crippen LogP contribution in [0.2, 0.25) is 6.04 Å². The van der Waals surface area contributed by atoms with Crippen molar-refractivity contribution in [3.8, 4) is 0 Å². The van der Waals surface area contributed by atoms with E-state index in [1.165, 1.54) is 10.8 Å². The van der Waals surface area contributed by atoms with E-state index in [0.717, 1.165) is 6.04 Å². The summed E-state index contributed by atoms with van der Waals surface area (Å²) in [6, 6.07) is 9.74. The molecule has 1 aromatic rings. The third-order valence-corrected chi connectivity index (χ3v) is 4.20. The topological polar surface area (TPSA) is 9.23 Å². The van der Waals surface area contributed by atoms with Gasteiger partial charge in [-0.25, -0.2) is 0 Å². The zero-order chi connectivity index (χ0) is 10.4. The Kier molecular flexibility index (Phi) is 4.63. The highest BCUT2D eigenvalue weighted by atomic mass is 28.3. The third-order valence-electron chi connectivity index (χ3n) is 2.07. The fourth-order valence-corrected chi connectivity index (χ4v) is 2.93. The van der Waals surface area contributed by atoms with E-state index in [-0.39, 0.29) is 0 Å². The molecule has 0 aromatic heterocycles. The van der Waals surface area contributed by atoms with Gasteiger partial charge in [0.05, 0.1) is 6.61 Å². The Hall–Kier alpha value is -0.863. The highest BCUT2D eigenvalue weighted by Crippen LogP contribution is 1.99. The molecule has 0 heterocycles. The summed E-state index contributed by atoms with van der Waals surface area (Å²) in [6.07, 6.45) is 1.81. The van der Waals surface area contributed by atoms with Gasteiger partial charge in [0.15, 0.2) is 0 Å². The summed E-state index contributed by atoms with van der Waals surface area (Å²) < 4.78 is 5.75. The summed E-state index contributed by atoms with van der Waals surface area (Å²) in [5.74, 6) is 0. The highest BCUT2D eigenvalue weighted by Gasteiger charge is 2.12. The minimum absolute atomic E-state index is 0.663. The van der Waals surface area contributed by atoms with E-state index in [1.54, 1.807) is 0 Å². The van der Waals surface area contributed by atoms with Gasteiger partial charge in [0.2, 0.25) is 9.04 Å². The molecule has 14 heavy (non-hydrogen) atoms. The van der Waals surface area contributed by atoms with Crippen molar-refractivity contribution in [1.82, 2.24) is 0 Å². The molecule has 0 spiro atoms. The molecule has 0 fully saturated rings. The second-order valence-electron chi connectivity index (χ2n) is 3.24. The van der Waals surface area contributed by atoms with Crippen molar-refractivity contribution in [3.63, 3.8) is 0 Å². The van der Waals surface area contributed by atoms with E-state index >= 15 is 0 Å². The second kappa shape index (κ2) is 5.78. The lowest BCUT2D eigenvalue weighted by molar-refractivity contribution is 0.375. The van der Waals surface area contributed by atoms with Crippen LogP contribution in [0.25, 0.3) is 0 Å². The molecule has 0 N–H and O–H groups in total. The lowest BCUT2D eigenvalue weighted by atomic mass is 10.2. The first-order chi connectivity index (χ1) is 6.77. The maximum atomic E-state index is 5.75. The van der Waals surface area contributed by atoms with Gasteiger partial charge >= 0.3 is 0 Å². The van der Waals surface area contributed by atoms with Crippen LogP contribution < -0.4 is 5.19 Å². The van der Waals surface area contributed by atoms with Crippen molar-refractivity contribution in [1.29, 1.82) is 0 Å². The fourth-order valence-electron chi connectivity index (χ4n) is 1.29. The maximum Gasteiger partial charge on any atom is 0.246 e. The van der Waals surface area contributed by atoms with Crippen LogP contribution in [0.1, 0.15) is 12.5 Å². The summed E-state index contributed by atoms with van der Waals surface area (Å²) in [4.78, 5) is 0. The Bertz CT molecular complexity index is 279. The SMILES string of the molecule is C=CCO[Si](CC)c1ccc(C)cc1. The molecule has 75 valence electrons. The summed E-state index contributed by atoms with van der Waals surface area (Å²) in [6.45, 7) is 8.61. The number of aryl methyl sites for hydroxylation is 1. The molecule has 0 saturated heterocycles. The molecule has 0 saturated carbocycles. The van der Waals surface area contributed by atoms with Gasteiger partial charge in [-0.2, -0.15) is 0 Å². The molecular formula is C12H17OSi. The Morgan fingerprint density at radius 2 is 2.00 bits per heavy atom. The predicted octanol–water partition coefficient (Wildman–Crippen LogP) is 2.42. The molecule has 0 bridgehead atoms. The van der Waals surface area contributed by atoms with E-state index in [2.05, 4.69) is 44.7 Å². The van der Waals surface area contributed by atoms with E-state index in [9.17, 15) is 0 Å². The molecular weight excluding hydrogens is 188 g/mol. The zero-order valence-corrected chi connectivity index (χ0v) is 9.92. The lowest BCUT2D eigenvalue weighted by Gasteiger charge is -2.12. The van der Waals surface area contributed by atoms with Crippen molar-refractivity contribution >= 4 is 14.2 Å². The van der Waals surface area contributed by atoms with Gasteiger partial charge in [-0.3, -0.25) is 0 Å². The number of hydrogen-bond donors (Lipinski definition) is 0. The van der Waals surface area contributed by atoms with Crippen LogP contribution in [0.3, 0.4) is 0 Å². The highest BCUT2D eigenvalue weighted by molar-refractivity contribution is 6.67. The van der Waals surface area contributed by atoms with Crippen LogP contribution in [-0.4, -0.2) is 15.6 Å². The average Bonchev–Trinajstić information content (AvgIpc) is 2.21. The Balaban J connectivity index is 2.68. The maximum absolute atomic E-state index is 5.75. The molecule has 0 atom stereocenters. The van der Waals surface area contributed by atoms with Crippen LogP contribution in [0.15, 0.2) is 36.9 Å². The van der Waals surface area contributed by atoms with Gasteiger partial charge in [-0.1, -0.05) is 42.8 Å². The van der Waals surface area contributed by atoms with Crippen LogP contribution in [-0.2, 0) is 4.43 Å². The second-order valence-corrected chi connectivity index (χ2v) is 5.66. The van der Waals surface area contributed by atoms with Gasteiger partial charge in [0.1, 0.15) is 0 Å². The van der Waals surface area contributed by atoms with E-state index in [0.29, 0.717) is 6.61 Å². The van der Waals surface area contributed by atoms with Crippen molar-refractivity contribution in [2.45, 2.75) is 19.9 Å². The normalized spacial score (nSPS) is 10.5. The molecule has 2 heteroatoms. The van der Waals surface area contributed by atoms with Gasteiger partial charge in [-0.05, 0) is 18.2 Å². The van der Waals surface area contributed by atoms with Crippen molar-refractivity contribution < 1.29 is 4.43 Å². The van der Waals surface area contributed by atoms with Crippen molar-refractivity contribution in [2.75, 3.05) is 6.61 Å². The number of hydrogen-bond acceptors (Lipinski definition) is 1. The zero-order valence-electron chi connectivity index (χ0n) is 8.92. The van der Waals surface area contributed by atoms with Gasteiger partial charge in [-0.15, -0.1) is 6.58 Å². The summed E-state index contributed by atoms with van der Waals surface area (Å²) >= 11 is 0. The molecule has 1 rings (SSSR count). The summed E-state index contributed by atoms with van der Waals surface area (Å²) in [5.41, 5.74) is 1.30. The molecule has 1 aromatic carbocycles. The Morgan fingerprint density at radius 3 is 2.50 bits per heavy atom. The molecule has 1 nitrogen and oxygen atoms in total. The van der Waals surface area contributed by atoms with Crippen molar-refractivity contribution in [3.05, 3.63) is 42.5 Å². The van der Waals surface area contributed by atoms with Crippen molar-refractivity contribution in [2.24, 2.45) is 0 Å². The van der Waals surface area contributed by atoms with E-state index in [1.807, 2.05) is 6.08 Å². The standard InChI is InChI=1S/C12H17OSi/c1-4-10-13-14(5-2)12-8-6-11(3)7-9-12/h4,6-9H,1,5,10H2,2-3H3. The quantitative estimate of drug-likeness (QED) is 0.530. The van der Waals surface area contributed by atoms with Gasteiger partial charge < -0.3 is 4.43 Å². The molecule has 0 amide bonds. The van der Waals surface area contributed by atoms with Gasteiger partial charge in [0, 0.05) is 0 Å². The monoisotopic (exact) mass is 205 g/mol. The Morgan fingerprint density at radius 1 is 1.36 bits per heavy atom. The molecule has 0 aliphatic heterocycles. The van der Waals surface area contributed by atoms with E-state index in [4.69, 9.17) is 4.43 Å². The first-order valence-corrected chi connectivity index (χ1v) is 6.56. The Labute approximate surface area is 88.1 Å². The molecule has 0 aliphatic rings. The third kappa shape index (κ3) is 3.12. The van der Waals surface area contributed by atoms with E-state index < -0.39 is 9.04 Å². The first kappa shape index (κ1) is 11.2. The lowest BCUT2D eigenvalue weighted by Crippen LogP contribution is -2.32. The van der Waals surface area contributed by atoms with Crippen LogP contribution >= 0.6 is 0 Å². The van der Waals surface area contributed by atoms with Gasteiger partial charge in [0.25, 0.3) is 0 Å². The summed E-state index contributed by atoms with van der Waals surface area (Å²) in [5, 5.41) is 1.35. The van der Waals surface area contributed by atoms with Crippen LogP contribution in [0, 0.1) is 6.92 Å². The number of rotatable bonds is 5. The molecule has 0 unspecified atom stereocenters. The fraction of sp³-hybridized carbons (Fsp3) is 0.333. The molecule has 1 radical (unpaired) electrons. The minimum Gasteiger partial charge on any atom is -0.408 e. The van der Waals surface area contributed by atoms with Crippen LogP contribution in [0.4, 0.5) is 0 Å². The first-order valence-electron chi connectivity index (χ1n) is 4.94. The predicted molar refractivity (Wildman–Crippen MR) is 63.2 cm³/mol. The minimum atomic E-state index is -0.812. The summed E-state index contributed by atoms with van der Waals surface area (Å²) in [7, 11) is -0.812. The smallest absolute Gasteiger partial charge is 0.246 e. The van der Waals surface area contributed by atoms with Crippen LogP contribution in [0.5, 0.6) is 0 Å². The average molecular weight is 205 g/mol.